The SMILES string of the molecule is Cc1ccc(C(=O)N2CCN(S(=O)(=O)c3c(C)nn(C)c3C)CC2)cc1C. The van der Waals surface area contributed by atoms with Crippen LogP contribution in [0.15, 0.2) is 23.1 Å². The lowest BCUT2D eigenvalue weighted by Crippen LogP contribution is -2.50. The Morgan fingerprint density at radius 2 is 1.63 bits per heavy atom. The Kier molecular flexibility index (Phi) is 5.14. The van der Waals surface area contributed by atoms with Gasteiger partial charge in [-0.2, -0.15) is 9.40 Å². The molecule has 1 aliphatic heterocycles. The Hall–Kier alpha value is -2.19. The number of carbonyl (C=O) groups excluding carboxylic acids is 1. The van der Waals surface area contributed by atoms with Gasteiger partial charge in [0.05, 0.1) is 11.4 Å². The second-order valence-electron chi connectivity index (χ2n) is 7.12. The number of rotatable bonds is 3. The van der Waals surface area contributed by atoms with Crippen molar-refractivity contribution in [3.8, 4) is 0 Å². The minimum absolute atomic E-state index is 0.0520. The lowest BCUT2D eigenvalue weighted by atomic mass is 10.1. The summed E-state index contributed by atoms with van der Waals surface area (Å²) in [6.07, 6.45) is 0. The molecule has 0 radical (unpaired) electrons. The van der Waals surface area contributed by atoms with E-state index < -0.39 is 10.0 Å². The molecule has 3 rings (SSSR count). The van der Waals surface area contributed by atoms with Crippen molar-refractivity contribution in [1.82, 2.24) is 19.0 Å². The van der Waals surface area contributed by atoms with Gasteiger partial charge in [0.25, 0.3) is 5.91 Å². The molecule has 1 fully saturated rings. The fourth-order valence-electron chi connectivity index (χ4n) is 3.45. The zero-order chi connectivity index (χ0) is 19.9. The van der Waals surface area contributed by atoms with Gasteiger partial charge in [-0.3, -0.25) is 9.48 Å². The van der Waals surface area contributed by atoms with Crippen LogP contribution < -0.4 is 0 Å². The summed E-state index contributed by atoms with van der Waals surface area (Å²) in [5.74, 6) is -0.0520. The van der Waals surface area contributed by atoms with Crippen LogP contribution in [0.5, 0.6) is 0 Å². The molecule has 1 saturated heterocycles. The Balaban J connectivity index is 1.75. The summed E-state index contributed by atoms with van der Waals surface area (Å²) in [5, 5.41) is 4.22. The molecule has 0 saturated carbocycles. The van der Waals surface area contributed by atoms with E-state index in [2.05, 4.69) is 5.10 Å². The second kappa shape index (κ2) is 7.09. The van der Waals surface area contributed by atoms with E-state index in [1.165, 1.54) is 4.31 Å². The first kappa shape index (κ1) is 19.6. The van der Waals surface area contributed by atoms with Crippen LogP contribution >= 0.6 is 0 Å². The molecule has 2 aromatic rings. The molecule has 0 unspecified atom stereocenters. The molecule has 1 aliphatic rings. The largest absolute Gasteiger partial charge is 0.336 e. The van der Waals surface area contributed by atoms with E-state index in [-0.39, 0.29) is 23.9 Å². The quantitative estimate of drug-likeness (QED) is 0.801. The fourth-order valence-corrected chi connectivity index (χ4v) is 5.27. The van der Waals surface area contributed by atoms with Gasteiger partial charge in [0.1, 0.15) is 4.90 Å². The first-order chi connectivity index (χ1) is 12.6. The van der Waals surface area contributed by atoms with E-state index >= 15 is 0 Å². The van der Waals surface area contributed by atoms with Crippen LogP contribution in [-0.4, -0.2) is 59.5 Å². The molecule has 1 aromatic heterocycles. The van der Waals surface area contributed by atoms with Crippen LogP contribution in [0.3, 0.4) is 0 Å². The topological polar surface area (TPSA) is 75.5 Å². The maximum Gasteiger partial charge on any atom is 0.253 e. The summed E-state index contributed by atoms with van der Waals surface area (Å²) in [6.45, 7) is 8.78. The first-order valence-corrected chi connectivity index (χ1v) is 10.4. The minimum Gasteiger partial charge on any atom is -0.336 e. The van der Waals surface area contributed by atoms with Gasteiger partial charge in [-0.05, 0) is 51.0 Å². The number of benzene rings is 1. The lowest BCUT2D eigenvalue weighted by Gasteiger charge is -2.34. The number of sulfonamides is 1. The normalized spacial score (nSPS) is 16.0. The second-order valence-corrected chi connectivity index (χ2v) is 8.99. The molecular weight excluding hydrogens is 364 g/mol. The molecule has 27 heavy (non-hydrogen) atoms. The molecular formula is C19H26N4O3S. The van der Waals surface area contributed by atoms with E-state index in [1.807, 2.05) is 32.0 Å². The van der Waals surface area contributed by atoms with Crippen molar-refractivity contribution in [2.24, 2.45) is 7.05 Å². The zero-order valence-corrected chi connectivity index (χ0v) is 17.3. The minimum atomic E-state index is -3.62. The highest BCUT2D eigenvalue weighted by Crippen LogP contribution is 2.24. The summed E-state index contributed by atoms with van der Waals surface area (Å²) in [7, 11) is -1.88. The number of nitrogens with zero attached hydrogens (tertiary/aromatic N) is 4. The number of hydrogen-bond donors (Lipinski definition) is 0. The van der Waals surface area contributed by atoms with Crippen molar-refractivity contribution in [3.63, 3.8) is 0 Å². The van der Waals surface area contributed by atoms with Gasteiger partial charge in [-0.1, -0.05) is 6.07 Å². The summed E-state index contributed by atoms with van der Waals surface area (Å²) < 4.78 is 29.1. The van der Waals surface area contributed by atoms with Gasteiger partial charge in [0.2, 0.25) is 10.0 Å². The van der Waals surface area contributed by atoms with Crippen molar-refractivity contribution in [2.45, 2.75) is 32.6 Å². The van der Waals surface area contributed by atoms with Crippen LogP contribution in [0.25, 0.3) is 0 Å². The standard InChI is InChI=1S/C19H26N4O3S/c1-13-6-7-17(12-14(13)2)19(24)22-8-10-23(11-9-22)27(25,26)18-15(3)20-21(5)16(18)4/h6-7,12H,8-11H2,1-5H3. The fraction of sp³-hybridized carbons (Fsp3) is 0.474. The molecule has 2 heterocycles. The summed E-state index contributed by atoms with van der Waals surface area (Å²) in [5.41, 5.74) is 3.99. The summed E-state index contributed by atoms with van der Waals surface area (Å²) >= 11 is 0. The number of piperazine rings is 1. The monoisotopic (exact) mass is 390 g/mol. The average Bonchev–Trinajstić information content (AvgIpc) is 2.89. The van der Waals surface area contributed by atoms with Crippen molar-refractivity contribution in [1.29, 1.82) is 0 Å². The Bertz CT molecular complexity index is 987. The Morgan fingerprint density at radius 3 is 2.15 bits per heavy atom. The van der Waals surface area contributed by atoms with Gasteiger partial charge in [-0.15, -0.1) is 0 Å². The van der Waals surface area contributed by atoms with E-state index in [0.717, 1.165) is 11.1 Å². The van der Waals surface area contributed by atoms with Gasteiger partial charge in [0.15, 0.2) is 0 Å². The number of amides is 1. The van der Waals surface area contributed by atoms with E-state index in [1.54, 1.807) is 30.5 Å². The third-order valence-electron chi connectivity index (χ3n) is 5.32. The number of aromatic nitrogens is 2. The van der Waals surface area contributed by atoms with Crippen LogP contribution in [0.4, 0.5) is 0 Å². The highest BCUT2D eigenvalue weighted by molar-refractivity contribution is 7.89. The molecule has 0 atom stereocenters. The average molecular weight is 391 g/mol. The molecule has 146 valence electrons. The lowest BCUT2D eigenvalue weighted by molar-refractivity contribution is 0.0697. The highest BCUT2D eigenvalue weighted by Gasteiger charge is 2.34. The van der Waals surface area contributed by atoms with E-state index in [9.17, 15) is 13.2 Å². The van der Waals surface area contributed by atoms with Crippen LogP contribution in [0, 0.1) is 27.7 Å². The maximum atomic E-state index is 13.0. The molecule has 1 amide bonds. The Morgan fingerprint density at radius 1 is 1.00 bits per heavy atom. The van der Waals surface area contributed by atoms with Gasteiger partial charge in [0, 0.05) is 38.8 Å². The zero-order valence-electron chi connectivity index (χ0n) is 16.5. The molecule has 0 N–H and O–H groups in total. The summed E-state index contributed by atoms with van der Waals surface area (Å²) in [4.78, 5) is 14.7. The molecule has 1 aromatic carbocycles. The third-order valence-corrected chi connectivity index (χ3v) is 7.47. The molecule has 0 aliphatic carbocycles. The molecule has 7 nitrogen and oxygen atoms in total. The van der Waals surface area contributed by atoms with Gasteiger partial charge < -0.3 is 4.90 Å². The predicted octanol–water partition coefficient (Wildman–Crippen LogP) is 1.80. The van der Waals surface area contributed by atoms with E-state index in [0.29, 0.717) is 30.0 Å². The van der Waals surface area contributed by atoms with Crippen LogP contribution in [0.1, 0.15) is 32.9 Å². The first-order valence-electron chi connectivity index (χ1n) is 9.00. The van der Waals surface area contributed by atoms with Crippen molar-refractivity contribution in [3.05, 3.63) is 46.3 Å². The molecule has 8 heteroatoms. The smallest absolute Gasteiger partial charge is 0.253 e. The number of hydrogen-bond acceptors (Lipinski definition) is 4. The maximum absolute atomic E-state index is 13.0. The van der Waals surface area contributed by atoms with Crippen molar-refractivity contribution < 1.29 is 13.2 Å². The van der Waals surface area contributed by atoms with Gasteiger partial charge in [-0.25, -0.2) is 8.42 Å². The summed E-state index contributed by atoms with van der Waals surface area (Å²) in [6, 6.07) is 5.66. The van der Waals surface area contributed by atoms with Crippen molar-refractivity contribution in [2.75, 3.05) is 26.2 Å². The number of aryl methyl sites for hydroxylation is 4. The molecule has 0 spiro atoms. The van der Waals surface area contributed by atoms with Crippen LogP contribution in [-0.2, 0) is 17.1 Å². The highest BCUT2D eigenvalue weighted by atomic mass is 32.2. The predicted molar refractivity (Wildman–Crippen MR) is 103 cm³/mol. The number of carbonyl (C=O) groups is 1. The third kappa shape index (κ3) is 3.51. The van der Waals surface area contributed by atoms with Crippen molar-refractivity contribution >= 4 is 15.9 Å². The van der Waals surface area contributed by atoms with Gasteiger partial charge >= 0.3 is 0 Å². The van der Waals surface area contributed by atoms with Crippen LogP contribution in [0.2, 0.25) is 0 Å². The molecule has 0 bridgehead atoms. The van der Waals surface area contributed by atoms with E-state index in [4.69, 9.17) is 0 Å². The Labute approximate surface area is 160 Å².